The third-order valence-electron chi connectivity index (χ3n) is 1.28. The third kappa shape index (κ3) is 2.12. The summed E-state index contributed by atoms with van der Waals surface area (Å²) in [5, 5.41) is 19.8. The van der Waals surface area contributed by atoms with Crippen LogP contribution in [0.3, 0.4) is 0 Å². The molecule has 2 amide bonds. The summed E-state index contributed by atoms with van der Waals surface area (Å²) in [5.74, 6) is -1.48. The van der Waals surface area contributed by atoms with Gasteiger partial charge in [-0.15, -0.1) is 10.2 Å². The van der Waals surface area contributed by atoms with Crippen molar-refractivity contribution in [1.82, 2.24) is 20.5 Å². The summed E-state index contributed by atoms with van der Waals surface area (Å²) in [4.78, 5) is 24.9. The van der Waals surface area contributed by atoms with Gasteiger partial charge in [-0.1, -0.05) is 0 Å². The van der Waals surface area contributed by atoms with Crippen LogP contribution in [0.4, 0.5) is 10.6 Å². The van der Waals surface area contributed by atoms with Crippen molar-refractivity contribution < 1.29 is 14.7 Å². The lowest BCUT2D eigenvalue weighted by molar-refractivity contribution is 0.0691. The lowest BCUT2D eigenvalue weighted by Gasteiger charge is -2.03. The molecule has 0 aliphatic carbocycles. The summed E-state index contributed by atoms with van der Waals surface area (Å²) in [5.41, 5.74) is -0.358. The highest BCUT2D eigenvalue weighted by atomic mass is 16.4. The molecule has 0 unspecified atom stereocenters. The normalized spacial score (nSPS) is 9.21. The molecule has 0 saturated carbocycles. The quantitative estimate of drug-likeness (QED) is 0.578. The summed E-state index contributed by atoms with van der Waals surface area (Å²) in [6, 6.07) is -0.588. The molecule has 1 aromatic rings. The van der Waals surface area contributed by atoms with Gasteiger partial charge in [0.05, 0.1) is 0 Å². The number of amides is 2. The van der Waals surface area contributed by atoms with E-state index in [1.54, 1.807) is 0 Å². The maximum Gasteiger partial charge on any atom is 0.358 e. The van der Waals surface area contributed by atoms with Gasteiger partial charge in [-0.25, -0.2) is 14.6 Å². The number of aromatic nitrogens is 3. The van der Waals surface area contributed by atoms with Gasteiger partial charge >= 0.3 is 12.0 Å². The van der Waals surface area contributed by atoms with Crippen molar-refractivity contribution in [2.45, 2.75) is 0 Å². The molecule has 0 radical (unpaired) electrons. The zero-order valence-corrected chi connectivity index (χ0v) is 7.18. The first kappa shape index (κ1) is 9.84. The van der Waals surface area contributed by atoms with E-state index in [-0.39, 0.29) is 11.5 Å². The van der Waals surface area contributed by atoms with Gasteiger partial charge in [0.15, 0.2) is 11.5 Å². The predicted octanol–water partition coefficient (Wildman–Crippen LogP) is -0.679. The molecule has 0 saturated heterocycles. The molecule has 1 rings (SSSR count). The van der Waals surface area contributed by atoms with E-state index < -0.39 is 12.0 Å². The van der Waals surface area contributed by atoms with Crippen molar-refractivity contribution >= 4 is 17.8 Å². The number of urea groups is 1. The third-order valence-corrected chi connectivity index (χ3v) is 1.28. The SMILES string of the molecule is CNC(=O)Nc1nncnc1C(=O)O. The Kier molecular flexibility index (Phi) is 2.89. The number of anilines is 1. The van der Waals surface area contributed by atoms with Gasteiger partial charge in [-0.05, 0) is 0 Å². The largest absolute Gasteiger partial charge is 0.476 e. The van der Waals surface area contributed by atoms with Crippen LogP contribution in [0.5, 0.6) is 0 Å². The predicted molar refractivity (Wildman–Crippen MR) is 44.9 cm³/mol. The Morgan fingerprint density at radius 1 is 1.50 bits per heavy atom. The second-order valence-corrected chi connectivity index (χ2v) is 2.17. The van der Waals surface area contributed by atoms with Crippen molar-refractivity contribution in [3.63, 3.8) is 0 Å². The summed E-state index contributed by atoms with van der Waals surface area (Å²) in [6.45, 7) is 0. The van der Waals surface area contributed by atoms with Crippen molar-refractivity contribution in [1.29, 1.82) is 0 Å². The van der Waals surface area contributed by atoms with Crippen molar-refractivity contribution in [2.24, 2.45) is 0 Å². The zero-order chi connectivity index (χ0) is 10.6. The molecule has 0 spiro atoms. The molecule has 1 heterocycles. The minimum Gasteiger partial charge on any atom is -0.476 e. The fraction of sp³-hybridized carbons (Fsp3) is 0.167. The van der Waals surface area contributed by atoms with E-state index in [1.807, 2.05) is 0 Å². The smallest absolute Gasteiger partial charge is 0.358 e. The molecule has 1 aromatic heterocycles. The van der Waals surface area contributed by atoms with Crippen LogP contribution in [-0.4, -0.2) is 39.3 Å². The van der Waals surface area contributed by atoms with Gasteiger partial charge in [-0.2, -0.15) is 0 Å². The molecule has 0 atom stereocenters. The summed E-state index contributed by atoms with van der Waals surface area (Å²) < 4.78 is 0. The van der Waals surface area contributed by atoms with Crippen LogP contribution in [0.25, 0.3) is 0 Å². The van der Waals surface area contributed by atoms with E-state index in [0.29, 0.717) is 0 Å². The van der Waals surface area contributed by atoms with E-state index in [0.717, 1.165) is 6.33 Å². The minimum absolute atomic E-state index is 0.195. The van der Waals surface area contributed by atoms with Crippen LogP contribution in [0.1, 0.15) is 10.5 Å². The Bertz CT molecular complexity index is 366. The van der Waals surface area contributed by atoms with E-state index in [2.05, 4.69) is 25.8 Å². The second-order valence-electron chi connectivity index (χ2n) is 2.17. The van der Waals surface area contributed by atoms with Crippen molar-refractivity contribution in [3.8, 4) is 0 Å². The molecule has 0 bridgehead atoms. The Hall–Kier alpha value is -2.25. The van der Waals surface area contributed by atoms with Gasteiger partial charge in [-0.3, -0.25) is 5.32 Å². The molecular formula is C6H7N5O3. The summed E-state index contributed by atoms with van der Waals surface area (Å²) >= 11 is 0. The Morgan fingerprint density at radius 3 is 2.79 bits per heavy atom. The molecule has 3 N–H and O–H groups in total. The molecule has 0 aliphatic heterocycles. The van der Waals surface area contributed by atoms with E-state index in [1.165, 1.54) is 7.05 Å². The summed E-state index contributed by atoms with van der Waals surface area (Å²) in [7, 11) is 1.39. The maximum atomic E-state index is 10.8. The van der Waals surface area contributed by atoms with Gasteiger partial charge in [0.1, 0.15) is 6.33 Å². The number of hydrogen-bond acceptors (Lipinski definition) is 5. The van der Waals surface area contributed by atoms with Gasteiger partial charge in [0, 0.05) is 7.05 Å². The number of carbonyl (C=O) groups excluding carboxylic acids is 1. The number of carboxylic acid groups (broad SMARTS) is 1. The first-order valence-electron chi connectivity index (χ1n) is 3.55. The van der Waals surface area contributed by atoms with Crippen LogP contribution >= 0.6 is 0 Å². The number of rotatable bonds is 2. The number of carbonyl (C=O) groups is 2. The number of nitrogens with zero attached hydrogens (tertiary/aromatic N) is 3. The average molecular weight is 197 g/mol. The van der Waals surface area contributed by atoms with Crippen LogP contribution in [-0.2, 0) is 0 Å². The summed E-state index contributed by atoms with van der Waals surface area (Å²) in [6.07, 6.45) is 0.985. The number of carboxylic acids is 1. The Labute approximate surface area is 78.4 Å². The molecule has 74 valence electrons. The number of nitrogens with one attached hydrogen (secondary N) is 2. The van der Waals surface area contributed by atoms with Gasteiger partial charge in [0.25, 0.3) is 0 Å². The molecule has 0 aromatic carbocycles. The van der Waals surface area contributed by atoms with Crippen molar-refractivity contribution in [3.05, 3.63) is 12.0 Å². The molecule has 0 fully saturated rings. The fourth-order valence-electron chi connectivity index (χ4n) is 0.686. The zero-order valence-electron chi connectivity index (χ0n) is 7.18. The highest BCUT2D eigenvalue weighted by Gasteiger charge is 2.14. The van der Waals surface area contributed by atoms with Gasteiger partial charge < -0.3 is 10.4 Å². The fourth-order valence-corrected chi connectivity index (χ4v) is 0.686. The van der Waals surface area contributed by atoms with Crippen LogP contribution < -0.4 is 10.6 Å². The monoisotopic (exact) mass is 197 g/mol. The lowest BCUT2D eigenvalue weighted by atomic mass is 10.4. The molecule has 0 aliphatic rings. The first-order valence-corrected chi connectivity index (χ1v) is 3.55. The second kappa shape index (κ2) is 4.12. The molecule has 8 nitrogen and oxygen atoms in total. The highest BCUT2D eigenvalue weighted by Crippen LogP contribution is 2.05. The van der Waals surface area contributed by atoms with Crippen LogP contribution in [0, 0.1) is 0 Å². The first-order chi connectivity index (χ1) is 6.65. The molecular weight excluding hydrogens is 190 g/mol. The lowest BCUT2D eigenvalue weighted by Crippen LogP contribution is -2.26. The minimum atomic E-state index is -1.29. The Morgan fingerprint density at radius 2 is 2.21 bits per heavy atom. The molecule has 8 heteroatoms. The topological polar surface area (TPSA) is 117 Å². The molecule has 14 heavy (non-hydrogen) atoms. The van der Waals surface area contributed by atoms with Gasteiger partial charge in [0.2, 0.25) is 0 Å². The van der Waals surface area contributed by atoms with Crippen molar-refractivity contribution in [2.75, 3.05) is 12.4 Å². The number of hydrogen-bond donors (Lipinski definition) is 3. The Balaban J connectivity index is 2.95. The highest BCUT2D eigenvalue weighted by molar-refractivity contribution is 5.96. The maximum absolute atomic E-state index is 10.8. The van der Waals surface area contributed by atoms with E-state index >= 15 is 0 Å². The van der Waals surface area contributed by atoms with E-state index in [4.69, 9.17) is 5.11 Å². The van der Waals surface area contributed by atoms with Crippen LogP contribution in [0.15, 0.2) is 6.33 Å². The number of aromatic carboxylic acids is 1. The van der Waals surface area contributed by atoms with Crippen LogP contribution in [0.2, 0.25) is 0 Å². The van der Waals surface area contributed by atoms with E-state index in [9.17, 15) is 9.59 Å². The standard InChI is InChI=1S/C6H7N5O3/c1-7-6(14)10-4-3(5(12)13)8-2-9-11-4/h2H,1H3,(H,12,13)(H2,7,10,11,14). The average Bonchev–Trinajstić information content (AvgIpc) is 2.18.